The predicted octanol–water partition coefficient (Wildman–Crippen LogP) is 3.87. The molecule has 1 unspecified atom stereocenters. The molecule has 1 aromatic rings. The molecule has 0 aliphatic rings. The zero-order valence-corrected chi connectivity index (χ0v) is 13.3. The quantitative estimate of drug-likeness (QED) is 0.716. The second kappa shape index (κ2) is 8.80. The van der Waals surface area contributed by atoms with Gasteiger partial charge in [0.25, 0.3) is 5.91 Å². The first kappa shape index (κ1) is 16.8. The molecule has 0 aliphatic carbocycles. The summed E-state index contributed by atoms with van der Waals surface area (Å²) in [5, 5.41) is 6.52. The molecule has 2 N–H and O–H groups in total. The van der Waals surface area contributed by atoms with E-state index in [2.05, 4.69) is 36.4 Å². The van der Waals surface area contributed by atoms with Gasteiger partial charge in [0.05, 0.1) is 0 Å². The number of carbonyl (C=O) groups is 1. The largest absolute Gasteiger partial charge is 0.370 e. The van der Waals surface area contributed by atoms with Crippen molar-refractivity contribution in [1.82, 2.24) is 10.3 Å². The van der Waals surface area contributed by atoms with Crippen molar-refractivity contribution in [3.63, 3.8) is 0 Å². The first-order valence-corrected chi connectivity index (χ1v) is 7.70. The average Bonchev–Trinajstić information content (AvgIpc) is 2.43. The maximum atomic E-state index is 12.2. The SMILES string of the molecule is CCCNc1cc(C(=O)NC(CC)CCC)cc(Cl)n1. The molecule has 0 aliphatic heterocycles. The van der Waals surface area contributed by atoms with Gasteiger partial charge in [-0.3, -0.25) is 4.79 Å². The van der Waals surface area contributed by atoms with Crippen LogP contribution < -0.4 is 10.6 Å². The van der Waals surface area contributed by atoms with Crippen LogP contribution in [0.1, 0.15) is 56.8 Å². The summed E-state index contributed by atoms with van der Waals surface area (Å²) in [5.41, 5.74) is 0.554. The molecule has 20 heavy (non-hydrogen) atoms. The van der Waals surface area contributed by atoms with Crippen molar-refractivity contribution in [2.24, 2.45) is 0 Å². The van der Waals surface area contributed by atoms with Crippen molar-refractivity contribution < 1.29 is 4.79 Å². The topological polar surface area (TPSA) is 54.0 Å². The number of amides is 1. The van der Waals surface area contributed by atoms with Gasteiger partial charge in [-0.15, -0.1) is 0 Å². The highest BCUT2D eigenvalue weighted by Gasteiger charge is 2.13. The minimum atomic E-state index is -0.0888. The van der Waals surface area contributed by atoms with Crippen molar-refractivity contribution in [2.45, 2.75) is 52.5 Å². The van der Waals surface area contributed by atoms with Gasteiger partial charge in [-0.2, -0.15) is 0 Å². The lowest BCUT2D eigenvalue weighted by Gasteiger charge is -2.16. The van der Waals surface area contributed by atoms with Gasteiger partial charge in [0.1, 0.15) is 11.0 Å². The van der Waals surface area contributed by atoms with Crippen LogP contribution in [0.2, 0.25) is 5.15 Å². The number of halogens is 1. The van der Waals surface area contributed by atoms with E-state index >= 15 is 0 Å². The van der Waals surface area contributed by atoms with Crippen LogP contribution in [0.3, 0.4) is 0 Å². The number of aromatic nitrogens is 1. The van der Waals surface area contributed by atoms with Crippen molar-refractivity contribution in [3.8, 4) is 0 Å². The molecule has 1 atom stereocenters. The fourth-order valence-corrected chi connectivity index (χ4v) is 2.18. The highest BCUT2D eigenvalue weighted by Crippen LogP contribution is 2.15. The van der Waals surface area contributed by atoms with E-state index in [9.17, 15) is 4.79 Å². The summed E-state index contributed by atoms with van der Waals surface area (Å²) in [7, 11) is 0. The van der Waals surface area contributed by atoms with E-state index in [0.717, 1.165) is 32.2 Å². The maximum absolute atomic E-state index is 12.2. The molecule has 0 fully saturated rings. The van der Waals surface area contributed by atoms with Gasteiger partial charge < -0.3 is 10.6 Å². The summed E-state index contributed by atoms with van der Waals surface area (Å²) in [6.45, 7) is 7.07. The van der Waals surface area contributed by atoms with Gasteiger partial charge in [-0.25, -0.2) is 4.98 Å². The molecule has 0 radical (unpaired) electrons. The molecule has 0 spiro atoms. The molecule has 5 heteroatoms. The van der Waals surface area contributed by atoms with Crippen LogP contribution in [0.25, 0.3) is 0 Å². The smallest absolute Gasteiger partial charge is 0.251 e. The second-order valence-electron chi connectivity index (χ2n) is 4.86. The van der Waals surface area contributed by atoms with Gasteiger partial charge in [0.15, 0.2) is 0 Å². The number of nitrogens with one attached hydrogen (secondary N) is 2. The lowest BCUT2D eigenvalue weighted by atomic mass is 10.1. The number of hydrogen-bond acceptors (Lipinski definition) is 3. The van der Waals surface area contributed by atoms with Crippen LogP contribution in [0.5, 0.6) is 0 Å². The third-order valence-corrected chi connectivity index (χ3v) is 3.27. The highest BCUT2D eigenvalue weighted by molar-refractivity contribution is 6.29. The lowest BCUT2D eigenvalue weighted by molar-refractivity contribution is 0.0933. The molecular formula is C15H24ClN3O. The fourth-order valence-electron chi connectivity index (χ4n) is 1.97. The Kier molecular flexibility index (Phi) is 7.37. The third-order valence-electron chi connectivity index (χ3n) is 3.08. The van der Waals surface area contributed by atoms with Gasteiger partial charge in [-0.1, -0.05) is 38.8 Å². The monoisotopic (exact) mass is 297 g/mol. The Morgan fingerprint density at radius 2 is 2.05 bits per heavy atom. The summed E-state index contributed by atoms with van der Waals surface area (Å²) < 4.78 is 0. The Bertz CT molecular complexity index is 437. The normalized spacial score (nSPS) is 12.0. The molecule has 1 heterocycles. The molecule has 1 aromatic heterocycles. The van der Waals surface area contributed by atoms with Crippen LogP contribution in [-0.2, 0) is 0 Å². The van der Waals surface area contributed by atoms with Gasteiger partial charge in [0.2, 0.25) is 0 Å². The highest BCUT2D eigenvalue weighted by atomic mass is 35.5. The van der Waals surface area contributed by atoms with Gasteiger partial charge in [0, 0.05) is 18.2 Å². The molecular weight excluding hydrogens is 274 g/mol. The Balaban J connectivity index is 2.78. The molecule has 0 saturated carbocycles. The van der Waals surface area contributed by atoms with Crippen molar-refractivity contribution in [2.75, 3.05) is 11.9 Å². The van der Waals surface area contributed by atoms with E-state index in [1.807, 2.05) is 0 Å². The predicted molar refractivity (Wildman–Crippen MR) is 84.5 cm³/mol. The summed E-state index contributed by atoms with van der Waals surface area (Å²) >= 11 is 5.97. The number of nitrogens with zero attached hydrogens (tertiary/aromatic N) is 1. The summed E-state index contributed by atoms with van der Waals surface area (Å²) in [4.78, 5) is 16.4. The fraction of sp³-hybridized carbons (Fsp3) is 0.600. The zero-order chi connectivity index (χ0) is 15.0. The number of carbonyl (C=O) groups excluding carboxylic acids is 1. The number of pyridine rings is 1. The van der Waals surface area contributed by atoms with Gasteiger partial charge in [-0.05, 0) is 31.4 Å². The van der Waals surface area contributed by atoms with E-state index in [1.54, 1.807) is 12.1 Å². The first-order valence-electron chi connectivity index (χ1n) is 7.33. The Morgan fingerprint density at radius 3 is 2.65 bits per heavy atom. The van der Waals surface area contributed by atoms with Crippen molar-refractivity contribution in [3.05, 3.63) is 22.8 Å². The molecule has 0 aromatic carbocycles. The second-order valence-corrected chi connectivity index (χ2v) is 5.25. The summed E-state index contributed by atoms with van der Waals surface area (Å²) in [6, 6.07) is 3.56. The first-order chi connectivity index (χ1) is 9.60. The Morgan fingerprint density at radius 1 is 1.30 bits per heavy atom. The number of anilines is 1. The van der Waals surface area contributed by atoms with Gasteiger partial charge >= 0.3 is 0 Å². The summed E-state index contributed by atoms with van der Waals surface area (Å²) in [5.74, 6) is 0.558. The van der Waals surface area contributed by atoms with E-state index in [0.29, 0.717) is 16.5 Å². The van der Waals surface area contributed by atoms with E-state index < -0.39 is 0 Å². The number of hydrogen-bond donors (Lipinski definition) is 2. The van der Waals surface area contributed by atoms with E-state index in [4.69, 9.17) is 11.6 Å². The minimum absolute atomic E-state index is 0.0888. The molecule has 112 valence electrons. The van der Waals surface area contributed by atoms with Crippen molar-refractivity contribution in [1.29, 1.82) is 0 Å². The molecule has 0 bridgehead atoms. The zero-order valence-electron chi connectivity index (χ0n) is 12.5. The third kappa shape index (κ3) is 5.37. The molecule has 0 saturated heterocycles. The standard InChI is InChI=1S/C15H24ClN3O/c1-4-7-12(6-3)18-15(20)11-9-13(16)19-14(10-11)17-8-5-2/h9-10,12H,4-8H2,1-3H3,(H,17,19)(H,18,20). The maximum Gasteiger partial charge on any atom is 0.251 e. The average molecular weight is 298 g/mol. The lowest BCUT2D eigenvalue weighted by Crippen LogP contribution is -2.34. The molecule has 1 rings (SSSR count). The van der Waals surface area contributed by atoms with Crippen LogP contribution in [0.15, 0.2) is 12.1 Å². The van der Waals surface area contributed by atoms with Crippen LogP contribution in [0, 0.1) is 0 Å². The van der Waals surface area contributed by atoms with Crippen LogP contribution in [-0.4, -0.2) is 23.5 Å². The minimum Gasteiger partial charge on any atom is -0.370 e. The van der Waals surface area contributed by atoms with E-state index in [-0.39, 0.29) is 11.9 Å². The number of rotatable bonds is 8. The van der Waals surface area contributed by atoms with Crippen LogP contribution >= 0.6 is 11.6 Å². The molecule has 4 nitrogen and oxygen atoms in total. The van der Waals surface area contributed by atoms with E-state index in [1.165, 1.54) is 0 Å². The summed E-state index contributed by atoms with van der Waals surface area (Å²) in [6.07, 6.45) is 3.96. The van der Waals surface area contributed by atoms with Crippen molar-refractivity contribution >= 4 is 23.3 Å². The van der Waals surface area contributed by atoms with Crippen LogP contribution in [0.4, 0.5) is 5.82 Å². The molecule has 1 amide bonds. The Hall–Kier alpha value is -1.29. The Labute approximate surface area is 126 Å².